The fourth-order valence-corrected chi connectivity index (χ4v) is 5.08. The van der Waals surface area contributed by atoms with Crippen molar-refractivity contribution < 1.29 is 17.6 Å². The average Bonchev–Trinajstić information content (AvgIpc) is 2.43. The molecule has 2 fully saturated rings. The van der Waals surface area contributed by atoms with Crippen molar-refractivity contribution in [2.75, 3.05) is 5.73 Å². The van der Waals surface area contributed by atoms with Crippen LogP contribution in [0.25, 0.3) is 0 Å². The molecule has 8 heteroatoms. The third-order valence-electron chi connectivity index (χ3n) is 5.25. The molecule has 6 nitrogen and oxygen atoms in total. The van der Waals surface area contributed by atoms with Gasteiger partial charge in [-0.2, -0.15) is 5.26 Å². The smallest absolute Gasteiger partial charge is 0.264 e. The first-order chi connectivity index (χ1) is 11.1. The molecule has 0 atom stereocenters. The van der Waals surface area contributed by atoms with E-state index >= 15 is 0 Å². The molecule has 0 radical (unpaired) electrons. The van der Waals surface area contributed by atoms with Crippen molar-refractivity contribution in [2.45, 2.75) is 43.9 Å². The first kappa shape index (κ1) is 16.7. The Balaban J connectivity index is 1.81. The molecule has 0 bridgehead atoms. The number of hydrogen-bond acceptors (Lipinski definition) is 5. The molecule has 24 heavy (non-hydrogen) atoms. The van der Waals surface area contributed by atoms with Crippen LogP contribution in [0.4, 0.5) is 10.1 Å². The lowest BCUT2D eigenvalue weighted by Gasteiger charge is -2.58. The summed E-state index contributed by atoms with van der Waals surface area (Å²) >= 11 is 0. The molecule has 1 amide bonds. The predicted molar refractivity (Wildman–Crippen MR) is 84.5 cm³/mol. The van der Waals surface area contributed by atoms with Gasteiger partial charge in [0.2, 0.25) is 5.91 Å². The number of carbonyl (C=O) groups is 1. The van der Waals surface area contributed by atoms with Crippen LogP contribution in [0, 0.1) is 28.0 Å². The van der Waals surface area contributed by atoms with E-state index in [1.807, 2.05) is 4.72 Å². The minimum Gasteiger partial charge on any atom is -0.395 e. The third-order valence-corrected chi connectivity index (χ3v) is 6.56. The van der Waals surface area contributed by atoms with E-state index in [1.165, 1.54) is 0 Å². The zero-order valence-corrected chi connectivity index (χ0v) is 14.0. The molecule has 128 valence electrons. The lowest BCUT2D eigenvalue weighted by atomic mass is 9.46. The quantitative estimate of drug-likeness (QED) is 0.809. The Morgan fingerprint density at radius 2 is 2.00 bits per heavy atom. The van der Waals surface area contributed by atoms with Crippen molar-refractivity contribution in [3.8, 4) is 6.07 Å². The molecule has 0 aromatic heterocycles. The highest BCUT2D eigenvalue weighted by Gasteiger charge is 2.58. The second-order valence-electron chi connectivity index (χ2n) is 7.18. The van der Waals surface area contributed by atoms with E-state index in [2.05, 4.69) is 0 Å². The van der Waals surface area contributed by atoms with Gasteiger partial charge in [0.05, 0.1) is 16.1 Å². The molecule has 1 spiro atoms. The van der Waals surface area contributed by atoms with E-state index in [4.69, 9.17) is 11.0 Å². The number of benzene rings is 1. The van der Waals surface area contributed by atoms with Gasteiger partial charge in [-0.1, -0.05) is 13.3 Å². The van der Waals surface area contributed by atoms with E-state index < -0.39 is 37.7 Å². The van der Waals surface area contributed by atoms with Gasteiger partial charge >= 0.3 is 0 Å². The van der Waals surface area contributed by atoms with E-state index in [9.17, 15) is 17.6 Å². The number of carbonyl (C=O) groups excluding carboxylic acids is 1. The summed E-state index contributed by atoms with van der Waals surface area (Å²) in [5.74, 6) is -1.60. The number of amides is 1. The summed E-state index contributed by atoms with van der Waals surface area (Å²) in [7, 11) is -4.26. The summed E-state index contributed by atoms with van der Waals surface area (Å²) in [6.45, 7) is 1.74. The second-order valence-corrected chi connectivity index (χ2v) is 8.86. The minimum absolute atomic E-state index is 0.205. The molecular weight excluding hydrogens is 333 g/mol. The number of halogens is 1. The predicted octanol–water partition coefficient (Wildman–Crippen LogP) is 2.05. The van der Waals surface area contributed by atoms with Crippen LogP contribution in [0.3, 0.4) is 0 Å². The molecule has 2 aliphatic rings. The van der Waals surface area contributed by atoms with Crippen LogP contribution in [-0.4, -0.2) is 14.3 Å². The summed E-state index contributed by atoms with van der Waals surface area (Å²) < 4.78 is 40.4. The van der Waals surface area contributed by atoms with Crippen LogP contribution >= 0.6 is 0 Å². The Morgan fingerprint density at radius 3 is 2.50 bits per heavy atom. The maximum atomic E-state index is 13.7. The van der Waals surface area contributed by atoms with Gasteiger partial charge in [-0.05, 0) is 43.2 Å². The number of rotatable bonds is 3. The second kappa shape index (κ2) is 5.18. The Bertz CT molecular complexity index is 861. The van der Waals surface area contributed by atoms with Crippen molar-refractivity contribution in [2.24, 2.45) is 10.8 Å². The zero-order valence-electron chi connectivity index (χ0n) is 13.2. The molecule has 2 saturated carbocycles. The minimum atomic E-state index is -4.26. The number of nitrogen functional groups attached to an aromatic ring is 1. The number of nitrogens with two attached hydrogens (primary N) is 1. The number of nitrogens with zero attached hydrogens (tertiary/aromatic N) is 1. The lowest BCUT2D eigenvalue weighted by Crippen LogP contribution is -2.56. The molecule has 1 aromatic rings. The van der Waals surface area contributed by atoms with E-state index in [0.717, 1.165) is 25.3 Å². The van der Waals surface area contributed by atoms with E-state index in [-0.39, 0.29) is 11.0 Å². The molecule has 0 heterocycles. The molecule has 2 aliphatic carbocycles. The molecule has 3 N–H and O–H groups in total. The highest BCUT2D eigenvalue weighted by Crippen LogP contribution is 2.64. The Morgan fingerprint density at radius 1 is 1.38 bits per heavy atom. The summed E-state index contributed by atoms with van der Waals surface area (Å²) in [5, 5.41) is 8.90. The number of sulfonamides is 1. The Hall–Kier alpha value is -2.14. The largest absolute Gasteiger partial charge is 0.395 e. The monoisotopic (exact) mass is 351 g/mol. The van der Waals surface area contributed by atoms with Crippen LogP contribution in [0.1, 0.15) is 44.6 Å². The number of nitrogens with one attached hydrogen (secondary N) is 1. The van der Waals surface area contributed by atoms with E-state index in [1.54, 1.807) is 13.0 Å². The lowest BCUT2D eigenvalue weighted by molar-refractivity contribution is -0.151. The van der Waals surface area contributed by atoms with Gasteiger partial charge in [0.1, 0.15) is 11.9 Å². The topological polar surface area (TPSA) is 113 Å². The summed E-state index contributed by atoms with van der Waals surface area (Å²) in [5.41, 5.74) is 4.16. The van der Waals surface area contributed by atoms with Gasteiger partial charge in [0, 0.05) is 5.41 Å². The van der Waals surface area contributed by atoms with Crippen molar-refractivity contribution in [1.82, 2.24) is 4.72 Å². The van der Waals surface area contributed by atoms with E-state index in [0.29, 0.717) is 18.9 Å². The maximum absolute atomic E-state index is 13.7. The van der Waals surface area contributed by atoms with Crippen LogP contribution in [-0.2, 0) is 14.8 Å². The van der Waals surface area contributed by atoms with Gasteiger partial charge in [0.25, 0.3) is 10.0 Å². The number of hydrogen-bond donors (Lipinski definition) is 2. The van der Waals surface area contributed by atoms with Gasteiger partial charge in [-0.3, -0.25) is 4.79 Å². The molecule has 3 rings (SSSR count). The number of anilines is 1. The molecule has 0 saturated heterocycles. The summed E-state index contributed by atoms with van der Waals surface area (Å²) in [4.78, 5) is 11.9. The van der Waals surface area contributed by atoms with Crippen LogP contribution in [0.5, 0.6) is 0 Å². The normalized spacial score (nSPS) is 20.5. The zero-order chi connectivity index (χ0) is 17.8. The number of nitriles is 1. The van der Waals surface area contributed by atoms with Crippen LogP contribution in [0.15, 0.2) is 17.0 Å². The first-order valence-electron chi connectivity index (χ1n) is 7.67. The fourth-order valence-electron chi connectivity index (χ4n) is 3.94. The highest BCUT2D eigenvalue weighted by atomic mass is 32.2. The van der Waals surface area contributed by atoms with Crippen molar-refractivity contribution >= 4 is 21.6 Å². The molecule has 1 aromatic carbocycles. The fraction of sp³-hybridized carbons (Fsp3) is 0.500. The molecular formula is C16H18FN3O3S. The SMILES string of the molecule is CC1(C(=O)NS(=O)(=O)c2cc(F)c(N)c(C#N)c2)CC2(CCC2)C1. The van der Waals surface area contributed by atoms with Gasteiger partial charge in [-0.15, -0.1) is 0 Å². The Kier molecular flexibility index (Phi) is 3.61. The van der Waals surface area contributed by atoms with Gasteiger partial charge in [0.15, 0.2) is 0 Å². The van der Waals surface area contributed by atoms with Crippen LogP contribution < -0.4 is 10.5 Å². The molecule has 0 aliphatic heterocycles. The first-order valence-corrected chi connectivity index (χ1v) is 9.16. The summed E-state index contributed by atoms with van der Waals surface area (Å²) in [6, 6.07) is 3.31. The Labute approximate surface area is 139 Å². The average molecular weight is 351 g/mol. The van der Waals surface area contributed by atoms with Crippen molar-refractivity contribution in [1.29, 1.82) is 5.26 Å². The third kappa shape index (κ3) is 2.53. The summed E-state index contributed by atoms with van der Waals surface area (Å²) in [6.07, 6.45) is 4.65. The van der Waals surface area contributed by atoms with Crippen molar-refractivity contribution in [3.63, 3.8) is 0 Å². The van der Waals surface area contributed by atoms with Gasteiger partial charge < -0.3 is 5.73 Å². The van der Waals surface area contributed by atoms with Crippen LogP contribution in [0.2, 0.25) is 0 Å². The standard InChI is InChI=1S/C16H18FN3O3S/c1-15(8-16(9-15)3-2-4-16)14(21)20-24(22,23)11-5-10(7-18)13(19)12(17)6-11/h5-6H,2-4,8-9,19H2,1H3,(H,20,21). The maximum Gasteiger partial charge on any atom is 0.264 e. The highest BCUT2D eigenvalue weighted by molar-refractivity contribution is 7.90. The van der Waals surface area contributed by atoms with Gasteiger partial charge in [-0.25, -0.2) is 17.5 Å². The van der Waals surface area contributed by atoms with Crippen molar-refractivity contribution in [3.05, 3.63) is 23.5 Å². The molecule has 0 unspecified atom stereocenters.